The number of carbonyl (C=O) groups excluding carboxylic acids is 2. The zero-order valence-corrected chi connectivity index (χ0v) is 33.6. The normalized spacial score (nSPS) is 12.8. The van der Waals surface area contributed by atoms with Crippen molar-refractivity contribution in [3.05, 3.63) is 0 Å². The van der Waals surface area contributed by atoms with Gasteiger partial charge in [0.25, 0.3) is 0 Å². The van der Waals surface area contributed by atoms with E-state index in [0.717, 1.165) is 58.0 Å². The minimum Gasteiger partial charge on any atom is -0.465 e. The van der Waals surface area contributed by atoms with Crippen LogP contribution in [0.2, 0.25) is 0 Å². The predicted octanol–water partition coefficient (Wildman–Crippen LogP) is 12.7. The summed E-state index contributed by atoms with van der Waals surface area (Å²) in [6, 6.07) is 0.332. The predicted molar refractivity (Wildman–Crippen MR) is 210 cm³/mol. The third kappa shape index (κ3) is 29.8. The minimum atomic E-state index is -0.00736. The highest BCUT2D eigenvalue weighted by atomic mass is 16.5. The molecule has 0 aliphatic heterocycles. The lowest BCUT2D eigenvalue weighted by Gasteiger charge is -2.33. The molecule has 0 spiro atoms. The van der Waals surface area contributed by atoms with Gasteiger partial charge in [0.2, 0.25) is 5.91 Å². The Balaban J connectivity index is 4.89. The Kier molecular flexibility index (Phi) is 34.9. The van der Waals surface area contributed by atoms with Gasteiger partial charge in [-0.25, -0.2) is 0 Å². The van der Waals surface area contributed by atoms with Crippen molar-refractivity contribution < 1.29 is 14.3 Å². The number of unbranched alkanes of at least 4 members (excludes halogenated alkanes) is 18. The number of ether oxygens (including phenoxy) is 1. The number of hydrogen-bond donors (Lipinski definition) is 0. The lowest BCUT2D eigenvalue weighted by molar-refractivity contribution is -0.145. The van der Waals surface area contributed by atoms with Gasteiger partial charge in [-0.05, 0) is 71.5 Å². The van der Waals surface area contributed by atoms with Gasteiger partial charge in [0.1, 0.15) is 0 Å². The zero-order chi connectivity index (χ0) is 35.5. The molecule has 0 bridgehead atoms. The van der Waals surface area contributed by atoms with Crippen molar-refractivity contribution in [2.24, 2.45) is 5.92 Å². The number of esters is 1. The summed E-state index contributed by atoms with van der Waals surface area (Å²) in [7, 11) is 4.25. The van der Waals surface area contributed by atoms with E-state index in [9.17, 15) is 9.59 Å². The van der Waals surface area contributed by atoms with E-state index in [0.29, 0.717) is 37.3 Å². The molecule has 2 atom stereocenters. The van der Waals surface area contributed by atoms with Crippen molar-refractivity contribution in [1.29, 1.82) is 0 Å². The van der Waals surface area contributed by atoms with E-state index in [-0.39, 0.29) is 5.97 Å². The highest BCUT2D eigenvalue weighted by molar-refractivity contribution is 5.76. The number of rotatable bonds is 37. The maximum Gasteiger partial charge on any atom is 0.305 e. The number of amides is 1. The van der Waals surface area contributed by atoms with Crippen LogP contribution in [0.1, 0.15) is 220 Å². The molecule has 0 aliphatic rings. The summed E-state index contributed by atoms with van der Waals surface area (Å²) in [4.78, 5) is 30.9. The van der Waals surface area contributed by atoms with Gasteiger partial charge in [-0.2, -0.15) is 0 Å². The van der Waals surface area contributed by atoms with E-state index in [1.165, 1.54) is 135 Å². The molecule has 2 unspecified atom stereocenters. The van der Waals surface area contributed by atoms with Crippen LogP contribution >= 0.6 is 0 Å². The van der Waals surface area contributed by atoms with Crippen LogP contribution < -0.4 is 0 Å². The van der Waals surface area contributed by atoms with Crippen LogP contribution in [0.4, 0.5) is 0 Å². The summed E-state index contributed by atoms with van der Waals surface area (Å²) in [6.45, 7) is 11.6. The molecule has 0 aromatic heterocycles. The fraction of sp³-hybridized carbons (Fsp3) is 0.953. The summed E-state index contributed by atoms with van der Waals surface area (Å²) in [5.41, 5.74) is 0. The Morgan fingerprint density at radius 3 is 1.42 bits per heavy atom. The van der Waals surface area contributed by atoms with Gasteiger partial charge < -0.3 is 14.5 Å². The lowest BCUT2D eigenvalue weighted by Crippen LogP contribution is -2.41. The molecule has 5 heteroatoms. The Bertz CT molecular complexity index is 698. The topological polar surface area (TPSA) is 49.9 Å². The minimum absolute atomic E-state index is 0.00736. The van der Waals surface area contributed by atoms with Crippen LogP contribution in [-0.4, -0.2) is 61.5 Å². The molecular weight excluding hydrogens is 592 g/mol. The average molecular weight is 679 g/mol. The molecule has 0 rings (SSSR count). The fourth-order valence-electron chi connectivity index (χ4n) is 7.02. The van der Waals surface area contributed by atoms with Crippen LogP contribution in [0.15, 0.2) is 0 Å². The molecule has 0 N–H and O–H groups in total. The van der Waals surface area contributed by atoms with Gasteiger partial charge in [-0.15, -0.1) is 0 Å². The van der Waals surface area contributed by atoms with Crippen molar-refractivity contribution >= 4 is 11.9 Å². The summed E-state index contributed by atoms with van der Waals surface area (Å²) in [5, 5.41) is 0. The maximum atomic E-state index is 13.6. The van der Waals surface area contributed by atoms with Gasteiger partial charge in [0, 0.05) is 25.4 Å². The van der Waals surface area contributed by atoms with Crippen LogP contribution in [0, 0.1) is 5.92 Å². The summed E-state index contributed by atoms with van der Waals surface area (Å²) >= 11 is 0. The molecule has 0 fully saturated rings. The summed E-state index contributed by atoms with van der Waals surface area (Å²) in [6.07, 6.45) is 35.2. The van der Waals surface area contributed by atoms with Crippen LogP contribution in [0.5, 0.6) is 0 Å². The molecule has 0 heterocycles. The van der Waals surface area contributed by atoms with E-state index in [1.807, 2.05) is 0 Å². The zero-order valence-electron chi connectivity index (χ0n) is 33.6. The first-order chi connectivity index (χ1) is 23.4. The Hall–Kier alpha value is -1.10. The quantitative estimate of drug-likeness (QED) is 0.0485. The molecule has 48 heavy (non-hydrogen) atoms. The van der Waals surface area contributed by atoms with E-state index in [4.69, 9.17) is 4.74 Å². The van der Waals surface area contributed by atoms with Crippen molar-refractivity contribution in [2.75, 3.05) is 33.8 Å². The van der Waals surface area contributed by atoms with E-state index >= 15 is 0 Å². The SMILES string of the molecule is CCCCCCCCC(=O)N(CCCN(C)C)C(CCCCCC)CCCCCC(=O)OCC(CCCCCC)CCCCCCCC. The molecule has 286 valence electrons. The van der Waals surface area contributed by atoms with Crippen molar-refractivity contribution in [2.45, 2.75) is 226 Å². The molecule has 1 amide bonds. The monoisotopic (exact) mass is 679 g/mol. The molecule has 0 saturated heterocycles. The Morgan fingerprint density at radius 2 is 0.896 bits per heavy atom. The van der Waals surface area contributed by atoms with Crippen LogP contribution in [0.3, 0.4) is 0 Å². The molecule has 0 aromatic carbocycles. The smallest absolute Gasteiger partial charge is 0.305 e. The van der Waals surface area contributed by atoms with Crippen molar-refractivity contribution in [3.63, 3.8) is 0 Å². The first-order valence-electron chi connectivity index (χ1n) is 21.5. The summed E-state index contributed by atoms with van der Waals surface area (Å²) in [5.74, 6) is 0.892. The van der Waals surface area contributed by atoms with E-state index in [1.54, 1.807) is 0 Å². The van der Waals surface area contributed by atoms with Crippen molar-refractivity contribution in [1.82, 2.24) is 9.80 Å². The van der Waals surface area contributed by atoms with Crippen molar-refractivity contribution in [3.8, 4) is 0 Å². The largest absolute Gasteiger partial charge is 0.465 e. The van der Waals surface area contributed by atoms with Gasteiger partial charge in [0.15, 0.2) is 0 Å². The van der Waals surface area contributed by atoms with Crippen LogP contribution in [-0.2, 0) is 14.3 Å². The average Bonchev–Trinajstić information content (AvgIpc) is 3.07. The third-order valence-electron chi connectivity index (χ3n) is 10.2. The summed E-state index contributed by atoms with van der Waals surface area (Å²) < 4.78 is 5.87. The number of nitrogens with zero attached hydrogens (tertiary/aromatic N) is 2. The Labute approximate surface area is 301 Å². The van der Waals surface area contributed by atoms with Crippen LogP contribution in [0.25, 0.3) is 0 Å². The Morgan fingerprint density at radius 1 is 0.479 bits per heavy atom. The first kappa shape index (κ1) is 46.9. The second-order valence-corrected chi connectivity index (χ2v) is 15.3. The molecule has 0 aromatic rings. The second-order valence-electron chi connectivity index (χ2n) is 15.3. The van der Waals surface area contributed by atoms with Gasteiger partial charge in [-0.1, -0.05) is 163 Å². The standard InChI is InChI=1S/C43H86N2O3/c1-7-11-15-19-21-25-32-40(31-24-17-13-9-3)39-48-43(47)36-29-23-27-34-41(33-26-18-14-10-4)45(38-30-37-44(5)6)42(46)35-28-22-20-16-12-8-2/h40-41H,7-39H2,1-6H3. The maximum absolute atomic E-state index is 13.6. The molecule has 0 aliphatic carbocycles. The van der Waals surface area contributed by atoms with Gasteiger partial charge in [-0.3, -0.25) is 9.59 Å². The second kappa shape index (κ2) is 35.7. The molecule has 0 saturated carbocycles. The number of hydrogen-bond acceptors (Lipinski definition) is 4. The van der Waals surface area contributed by atoms with Gasteiger partial charge >= 0.3 is 5.97 Å². The van der Waals surface area contributed by atoms with E-state index in [2.05, 4.69) is 51.6 Å². The molecule has 5 nitrogen and oxygen atoms in total. The van der Waals surface area contributed by atoms with E-state index < -0.39 is 0 Å². The molecule has 0 radical (unpaired) electrons. The lowest BCUT2D eigenvalue weighted by atomic mass is 9.95. The van der Waals surface area contributed by atoms with Gasteiger partial charge in [0.05, 0.1) is 6.61 Å². The fourth-order valence-corrected chi connectivity index (χ4v) is 7.02. The first-order valence-corrected chi connectivity index (χ1v) is 21.5. The highest BCUT2D eigenvalue weighted by Gasteiger charge is 2.23. The molecular formula is C43H86N2O3. The third-order valence-corrected chi connectivity index (χ3v) is 10.2. The number of carbonyl (C=O) groups is 2. The highest BCUT2D eigenvalue weighted by Crippen LogP contribution is 2.22.